The lowest BCUT2D eigenvalue weighted by Crippen LogP contribution is -2.32. The van der Waals surface area contributed by atoms with Crippen molar-refractivity contribution in [3.05, 3.63) is 27.7 Å². The van der Waals surface area contributed by atoms with E-state index in [0.29, 0.717) is 6.42 Å². The van der Waals surface area contributed by atoms with Crippen molar-refractivity contribution >= 4 is 21.9 Å². The first kappa shape index (κ1) is 15.0. The number of carbonyl (C=O) groups is 1. The number of carboxylic acid groups (broad SMARTS) is 1. The molecule has 100 valence electrons. The summed E-state index contributed by atoms with van der Waals surface area (Å²) < 4.78 is 6.21. The number of nitrogens with two attached hydrogens (primary N) is 1. The van der Waals surface area contributed by atoms with Crippen LogP contribution in [0.2, 0.25) is 0 Å². The van der Waals surface area contributed by atoms with Gasteiger partial charge in [-0.15, -0.1) is 0 Å². The van der Waals surface area contributed by atoms with Gasteiger partial charge in [0, 0.05) is 4.47 Å². The van der Waals surface area contributed by atoms with Gasteiger partial charge in [0.25, 0.3) is 0 Å². The summed E-state index contributed by atoms with van der Waals surface area (Å²) in [7, 11) is 1.61. The highest BCUT2D eigenvalue weighted by molar-refractivity contribution is 9.10. The molecule has 0 saturated carbocycles. The molecule has 4 nitrogen and oxygen atoms in total. The lowest BCUT2D eigenvalue weighted by molar-refractivity contribution is -0.138. The van der Waals surface area contributed by atoms with E-state index in [-0.39, 0.29) is 5.92 Å². The highest BCUT2D eigenvalue weighted by Gasteiger charge is 2.19. The molecule has 0 heterocycles. The van der Waals surface area contributed by atoms with Crippen LogP contribution in [-0.2, 0) is 11.2 Å². The van der Waals surface area contributed by atoms with E-state index in [1.54, 1.807) is 7.11 Å². The van der Waals surface area contributed by atoms with Crippen molar-refractivity contribution in [1.82, 2.24) is 0 Å². The van der Waals surface area contributed by atoms with Crippen molar-refractivity contribution in [1.29, 1.82) is 0 Å². The summed E-state index contributed by atoms with van der Waals surface area (Å²) >= 11 is 3.40. The van der Waals surface area contributed by atoms with E-state index < -0.39 is 12.0 Å². The van der Waals surface area contributed by atoms with Crippen LogP contribution in [-0.4, -0.2) is 24.2 Å². The number of aliphatic carboxylic acids is 1. The van der Waals surface area contributed by atoms with Crippen LogP contribution < -0.4 is 10.5 Å². The number of ether oxygens (including phenoxy) is 1. The summed E-state index contributed by atoms with van der Waals surface area (Å²) in [6.45, 7) is 4.09. The topological polar surface area (TPSA) is 72.5 Å². The zero-order chi connectivity index (χ0) is 13.9. The zero-order valence-electron chi connectivity index (χ0n) is 10.7. The number of carboxylic acids is 1. The second-order valence-electron chi connectivity index (χ2n) is 4.48. The van der Waals surface area contributed by atoms with Gasteiger partial charge in [-0.1, -0.05) is 29.8 Å². The molecule has 1 aromatic rings. The number of benzene rings is 1. The van der Waals surface area contributed by atoms with Crippen molar-refractivity contribution < 1.29 is 14.6 Å². The fourth-order valence-corrected chi connectivity index (χ4v) is 2.45. The quantitative estimate of drug-likeness (QED) is 0.875. The Morgan fingerprint density at radius 3 is 2.56 bits per heavy atom. The molecule has 1 atom stereocenters. The van der Waals surface area contributed by atoms with Gasteiger partial charge in [-0.25, -0.2) is 0 Å². The molecule has 0 radical (unpaired) electrons. The van der Waals surface area contributed by atoms with Gasteiger partial charge in [0.15, 0.2) is 0 Å². The van der Waals surface area contributed by atoms with Gasteiger partial charge in [-0.3, -0.25) is 4.79 Å². The molecule has 0 aromatic heterocycles. The van der Waals surface area contributed by atoms with Crippen LogP contribution in [0.4, 0.5) is 0 Å². The van der Waals surface area contributed by atoms with Gasteiger partial charge in [-0.05, 0) is 35.6 Å². The van der Waals surface area contributed by atoms with E-state index in [0.717, 1.165) is 21.3 Å². The average molecular weight is 316 g/mol. The van der Waals surface area contributed by atoms with Crippen LogP contribution in [0.3, 0.4) is 0 Å². The van der Waals surface area contributed by atoms with Crippen LogP contribution in [0.1, 0.15) is 30.9 Å². The molecule has 0 aliphatic rings. The van der Waals surface area contributed by atoms with Crippen molar-refractivity contribution in [3.8, 4) is 5.75 Å². The number of hydrogen-bond donors (Lipinski definition) is 2. The average Bonchev–Trinajstić information content (AvgIpc) is 2.27. The summed E-state index contributed by atoms with van der Waals surface area (Å²) in [5, 5.41) is 8.90. The third-order valence-corrected chi connectivity index (χ3v) is 3.20. The number of halogens is 1. The molecule has 0 amide bonds. The Bertz CT molecular complexity index is 446. The molecule has 0 spiro atoms. The summed E-state index contributed by atoms with van der Waals surface area (Å²) in [6.07, 6.45) is 0.290. The molecule has 0 aliphatic heterocycles. The van der Waals surface area contributed by atoms with Crippen molar-refractivity contribution in [2.45, 2.75) is 32.2 Å². The third-order valence-electron chi connectivity index (χ3n) is 2.75. The van der Waals surface area contributed by atoms with Gasteiger partial charge in [0.2, 0.25) is 0 Å². The Balaban J connectivity index is 3.23. The van der Waals surface area contributed by atoms with Crippen molar-refractivity contribution in [2.75, 3.05) is 7.11 Å². The zero-order valence-corrected chi connectivity index (χ0v) is 12.3. The number of rotatable bonds is 5. The minimum absolute atomic E-state index is 0.240. The minimum atomic E-state index is -0.997. The number of methoxy groups -OCH3 is 1. The Morgan fingerprint density at radius 2 is 2.11 bits per heavy atom. The monoisotopic (exact) mass is 315 g/mol. The summed E-state index contributed by atoms with van der Waals surface area (Å²) in [5.74, 6) is -0.000317. The largest absolute Gasteiger partial charge is 0.496 e. The van der Waals surface area contributed by atoms with E-state index in [1.165, 1.54) is 0 Å². The van der Waals surface area contributed by atoms with E-state index in [2.05, 4.69) is 15.9 Å². The number of hydrogen-bond acceptors (Lipinski definition) is 3. The maximum atomic E-state index is 10.9. The van der Waals surface area contributed by atoms with Crippen molar-refractivity contribution in [2.24, 2.45) is 5.73 Å². The lowest BCUT2D eigenvalue weighted by atomic mass is 9.92. The molecule has 3 N–H and O–H groups in total. The van der Waals surface area contributed by atoms with Gasteiger partial charge in [0.1, 0.15) is 11.8 Å². The Morgan fingerprint density at radius 1 is 1.50 bits per heavy atom. The SMILES string of the molecule is COc1cc(Br)cc(CC(N)C(=O)O)c1C(C)C. The molecule has 5 heteroatoms. The third kappa shape index (κ3) is 3.46. The smallest absolute Gasteiger partial charge is 0.320 e. The fraction of sp³-hybridized carbons (Fsp3) is 0.462. The molecule has 0 fully saturated rings. The predicted octanol–water partition coefficient (Wildman–Crippen LogP) is 2.54. The Hall–Kier alpha value is -1.07. The van der Waals surface area contributed by atoms with E-state index in [9.17, 15) is 4.79 Å². The Labute approximate surface area is 115 Å². The molecule has 1 aromatic carbocycles. The summed E-state index contributed by atoms with van der Waals surface area (Å²) in [4.78, 5) is 10.9. The molecule has 18 heavy (non-hydrogen) atoms. The summed E-state index contributed by atoms with van der Waals surface area (Å²) in [5.41, 5.74) is 7.52. The van der Waals surface area contributed by atoms with Gasteiger partial charge >= 0.3 is 5.97 Å². The second-order valence-corrected chi connectivity index (χ2v) is 5.40. The fourth-order valence-electron chi connectivity index (χ4n) is 1.96. The van der Waals surface area contributed by atoms with Crippen LogP contribution in [0.5, 0.6) is 5.75 Å². The van der Waals surface area contributed by atoms with E-state index in [1.807, 2.05) is 26.0 Å². The first-order chi connectivity index (χ1) is 8.36. The maximum Gasteiger partial charge on any atom is 0.320 e. The second kappa shape index (κ2) is 6.20. The van der Waals surface area contributed by atoms with Crippen LogP contribution in [0.15, 0.2) is 16.6 Å². The minimum Gasteiger partial charge on any atom is -0.496 e. The molecule has 1 unspecified atom stereocenters. The first-order valence-corrected chi connectivity index (χ1v) is 6.50. The maximum absolute atomic E-state index is 10.9. The van der Waals surface area contributed by atoms with Gasteiger partial charge < -0.3 is 15.6 Å². The highest BCUT2D eigenvalue weighted by Crippen LogP contribution is 2.33. The van der Waals surface area contributed by atoms with Gasteiger partial charge in [0.05, 0.1) is 7.11 Å². The lowest BCUT2D eigenvalue weighted by Gasteiger charge is -2.19. The van der Waals surface area contributed by atoms with Crippen LogP contribution in [0, 0.1) is 0 Å². The molecule has 0 bridgehead atoms. The predicted molar refractivity (Wildman–Crippen MR) is 74.1 cm³/mol. The van der Waals surface area contributed by atoms with Crippen LogP contribution in [0.25, 0.3) is 0 Å². The first-order valence-electron chi connectivity index (χ1n) is 5.71. The molecule has 0 aliphatic carbocycles. The highest BCUT2D eigenvalue weighted by atomic mass is 79.9. The molecule has 0 saturated heterocycles. The van der Waals surface area contributed by atoms with Gasteiger partial charge in [-0.2, -0.15) is 0 Å². The van der Waals surface area contributed by atoms with Crippen molar-refractivity contribution in [3.63, 3.8) is 0 Å². The normalized spacial score (nSPS) is 12.6. The van der Waals surface area contributed by atoms with Crippen LogP contribution >= 0.6 is 15.9 Å². The Kier molecular flexibility index (Phi) is 5.16. The summed E-state index contributed by atoms with van der Waals surface area (Å²) in [6, 6.07) is 2.88. The van der Waals surface area contributed by atoms with E-state index >= 15 is 0 Å². The van der Waals surface area contributed by atoms with E-state index in [4.69, 9.17) is 15.6 Å². The molecule has 1 rings (SSSR count). The standard InChI is InChI=1S/C13H18BrNO3/c1-7(2)12-8(5-10(15)13(16)17)4-9(14)6-11(12)18-3/h4,6-7,10H,5,15H2,1-3H3,(H,16,17). The molecular formula is C13H18BrNO3. The molecular weight excluding hydrogens is 298 g/mol.